The van der Waals surface area contributed by atoms with E-state index in [1.54, 1.807) is 22.9 Å². The molecule has 8 nitrogen and oxygen atoms in total. The lowest BCUT2D eigenvalue weighted by atomic mass is 9.99. The van der Waals surface area contributed by atoms with Gasteiger partial charge in [-0.05, 0) is 31.9 Å². The number of benzene rings is 1. The van der Waals surface area contributed by atoms with Crippen LogP contribution in [0.5, 0.6) is 0 Å². The highest BCUT2D eigenvalue weighted by molar-refractivity contribution is 5.92. The van der Waals surface area contributed by atoms with Crippen LogP contribution in [0.4, 0.5) is 11.5 Å². The van der Waals surface area contributed by atoms with E-state index in [2.05, 4.69) is 10.4 Å². The summed E-state index contributed by atoms with van der Waals surface area (Å²) < 4.78 is 6.85. The Morgan fingerprint density at radius 1 is 1.33 bits per heavy atom. The molecule has 1 aliphatic heterocycles. The van der Waals surface area contributed by atoms with Crippen LogP contribution in [0.1, 0.15) is 18.5 Å². The highest BCUT2D eigenvalue weighted by Gasteiger charge is 2.23. The second-order valence-corrected chi connectivity index (χ2v) is 5.73. The molecule has 8 heteroatoms. The Morgan fingerprint density at radius 3 is 2.62 bits per heavy atom. The highest BCUT2D eigenvalue weighted by atomic mass is 16.6. The van der Waals surface area contributed by atoms with Gasteiger partial charge in [0.25, 0.3) is 5.69 Å². The number of hydrogen-bond acceptors (Lipinski definition) is 5. The lowest BCUT2D eigenvalue weighted by molar-refractivity contribution is -0.384. The average Bonchev–Trinajstić information content (AvgIpc) is 2.96. The number of nitro benzene ring substituents is 1. The third kappa shape index (κ3) is 3.43. The van der Waals surface area contributed by atoms with E-state index in [0.29, 0.717) is 37.6 Å². The van der Waals surface area contributed by atoms with Gasteiger partial charge in [0.15, 0.2) is 0 Å². The minimum atomic E-state index is -0.452. The van der Waals surface area contributed by atoms with Crippen molar-refractivity contribution in [2.75, 3.05) is 18.5 Å². The number of ether oxygens (including phenoxy) is 1. The maximum atomic E-state index is 12.4. The molecule has 0 radical (unpaired) electrons. The van der Waals surface area contributed by atoms with Crippen LogP contribution in [-0.2, 0) is 9.53 Å². The molecule has 1 amide bonds. The van der Waals surface area contributed by atoms with Crippen LogP contribution in [0.25, 0.3) is 5.69 Å². The van der Waals surface area contributed by atoms with Crippen molar-refractivity contribution in [1.29, 1.82) is 0 Å². The SMILES string of the molecule is Cc1cc(NC(=O)C2CCOCC2)n(-c2ccc([N+](=O)[O-])cc2)n1. The Labute approximate surface area is 138 Å². The molecule has 0 saturated carbocycles. The number of rotatable bonds is 4. The predicted octanol–water partition coefficient (Wildman–Crippen LogP) is 2.45. The van der Waals surface area contributed by atoms with Gasteiger partial charge in [-0.1, -0.05) is 0 Å². The summed E-state index contributed by atoms with van der Waals surface area (Å²) in [6.45, 7) is 3.02. The molecule has 2 heterocycles. The molecule has 0 spiro atoms. The predicted molar refractivity (Wildman–Crippen MR) is 87.1 cm³/mol. The maximum Gasteiger partial charge on any atom is 0.269 e. The van der Waals surface area contributed by atoms with E-state index >= 15 is 0 Å². The van der Waals surface area contributed by atoms with Crippen LogP contribution < -0.4 is 5.32 Å². The van der Waals surface area contributed by atoms with Crippen molar-refractivity contribution in [3.8, 4) is 5.69 Å². The smallest absolute Gasteiger partial charge is 0.269 e. The number of anilines is 1. The van der Waals surface area contributed by atoms with Gasteiger partial charge >= 0.3 is 0 Å². The van der Waals surface area contributed by atoms with E-state index in [9.17, 15) is 14.9 Å². The molecule has 0 atom stereocenters. The molecule has 3 rings (SSSR count). The minimum absolute atomic E-state index is 0.00965. The van der Waals surface area contributed by atoms with E-state index in [1.165, 1.54) is 12.1 Å². The number of nitrogens with one attached hydrogen (secondary N) is 1. The average molecular weight is 330 g/mol. The first-order valence-electron chi connectivity index (χ1n) is 7.74. The topological polar surface area (TPSA) is 99.3 Å². The third-order valence-electron chi connectivity index (χ3n) is 3.98. The number of hydrogen-bond donors (Lipinski definition) is 1. The van der Waals surface area contributed by atoms with E-state index in [1.807, 2.05) is 6.92 Å². The van der Waals surface area contributed by atoms with Gasteiger partial charge in [0.05, 0.1) is 16.3 Å². The summed E-state index contributed by atoms with van der Waals surface area (Å²) in [5.74, 6) is 0.429. The molecule has 0 bridgehead atoms. The molecule has 1 aliphatic rings. The van der Waals surface area contributed by atoms with Gasteiger partial charge in [-0.25, -0.2) is 4.68 Å². The van der Waals surface area contributed by atoms with Crippen LogP contribution in [0.15, 0.2) is 30.3 Å². The van der Waals surface area contributed by atoms with Crippen molar-refractivity contribution in [3.63, 3.8) is 0 Å². The summed E-state index contributed by atoms with van der Waals surface area (Å²) >= 11 is 0. The third-order valence-corrected chi connectivity index (χ3v) is 3.98. The number of carbonyl (C=O) groups excluding carboxylic acids is 1. The maximum absolute atomic E-state index is 12.4. The van der Waals surface area contributed by atoms with Crippen LogP contribution >= 0.6 is 0 Å². The van der Waals surface area contributed by atoms with Crippen LogP contribution in [0, 0.1) is 23.0 Å². The van der Waals surface area contributed by atoms with Gasteiger partial charge < -0.3 is 10.1 Å². The van der Waals surface area contributed by atoms with Crippen LogP contribution in [0.2, 0.25) is 0 Å². The molecule has 126 valence electrons. The summed E-state index contributed by atoms with van der Waals surface area (Å²) in [5, 5.41) is 18.0. The molecule has 0 aliphatic carbocycles. The molecule has 2 aromatic rings. The first-order chi connectivity index (χ1) is 11.5. The van der Waals surface area contributed by atoms with Gasteiger partial charge in [-0.3, -0.25) is 14.9 Å². The zero-order valence-electron chi connectivity index (χ0n) is 13.3. The van der Waals surface area contributed by atoms with Gasteiger partial charge in [-0.2, -0.15) is 5.10 Å². The Bertz CT molecular complexity index is 748. The quantitative estimate of drug-likeness (QED) is 0.685. The monoisotopic (exact) mass is 330 g/mol. The number of carbonyl (C=O) groups is 1. The Kier molecular flexibility index (Phi) is 4.57. The molecule has 24 heavy (non-hydrogen) atoms. The molecular formula is C16H18N4O4. The number of non-ortho nitro benzene ring substituents is 1. The summed E-state index contributed by atoms with van der Waals surface area (Å²) in [7, 11) is 0. The lowest BCUT2D eigenvalue weighted by Crippen LogP contribution is -2.29. The highest BCUT2D eigenvalue weighted by Crippen LogP contribution is 2.22. The Balaban J connectivity index is 1.82. The number of amides is 1. The van der Waals surface area contributed by atoms with E-state index in [4.69, 9.17) is 4.74 Å². The van der Waals surface area contributed by atoms with Crippen molar-refractivity contribution in [2.24, 2.45) is 5.92 Å². The van der Waals surface area contributed by atoms with E-state index in [-0.39, 0.29) is 17.5 Å². The number of nitrogens with zero attached hydrogens (tertiary/aromatic N) is 3. The fraction of sp³-hybridized carbons (Fsp3) is 0.375. The summed E-state index contributed by atoms with van der Waals surface area (Å²) in [6.07, 6.45) is 1.41. The van der Waals surface area contributed by atoms with Gasteiger partial charge in [0.2, 0.25) is 5.91 Å². The minimum Gasteiger partial charge on any atom is -0.381 e. The number of aromatic nitrogens is 2. The fourth-order valence-electron chi connectivity index (χ4n) is 2.69. The second kappa shape index (κ2) is 6.79. The normalized spacial score (nSPS) is 15.2. The molecule has 1 saturated heterocycles. The zero-order chi connectivity index (χ0) is 17.1. The first-order valence-corrected chi connectivity index (χ1v) is 7.74. The van der Waals surface area contributed by atoms with E-state index in [0.717, 1.165) is 5.69 Å². The molecule has 1 N–H and O–H groups in total. The molecule has 1 aromatic heterocycles. The van der Waals surface area contributed by atoms with Crippen molar-refractivity contribution < 1.29 is 14.5 Å². The largest absolute Gasteiger partial charge is 0.381 e. The van der Waals surface area contributed by atoms with Crippen molar-refractivity contribution in [1.82, 2.24) is 9.78 Å². The standard InChI is InChI=1S/C16H18N4O4/c1-11-10-15(17-16(21)12-6-8-24-9-7-12)19(18-11)13-2-4-14(5-3-13)20(22)23/h2-5,10,12H,6-9H2,1H3,(H,17,21). The van der Waals surface area contributed by atoms with Crippen molar-refractivity contribution >= 4 is 17.4 Å². The number of aryl methyl sites for hydroxylation is 1. The second-order valence-electron chi connectivity index (χ2n) is 5.73. The zero-order valence-corrected chi connectivity index (χ0v) is 13.3. The van der Waals surface area contributed by atoms with Gasteiger partial charge in [0, 0.05) is 37.3 Å². The van der Waals surface area contributed by atoms with Crippen LogP contribution in [-0.4, -0.2) is 33.8 Å². The van der Waals surface area contributed by atoms with E-state index < -0.39 is 4.92 Å². The van der Waals surface area contributed by atoms with Crippen molar-refractivity contribution in [3.05, 3.63) is 46.1 Å². The summed E-state index contributed by atoms with van der Waals surface area (Å²) in [5.41, 5.74) is 1.40. The molecule has 1 aromatic carbocycles. The fourth-order valence-corrected chi connectivity index (χ4v) is 2.69. The van der Waals surface area contributed by atoms with Gasteiger partial charge in [-0.15, -0.1) is 0 Å². The van der Waals surface area contributed by atoms with Crippen LogP contribution in [0.3, 0.4) is 0 Å². The molecule has 0 unspecified atom stereocenters. The lowest BCUT2D eigenvalue weighted by Gasteiger charge is -2.21. The van der Waals surface area contributed by atoms with Crippen molar-refractivity contribution in [2.45, 2.75) is 19.8 Å². The first kappa shape index (κ1) is 16.1. The molecule has 1 fully saturated rings. The summed E-state index contributed by atoms with van der Waals surface area (Å²) in [4.78, 5) is 22.7. The van der Waals surface area contributed by atoms with Gasteiger partial charge in [0.1, 0.15) is 5.82 Å². The summed E-state index contributed by atoms with van der Waals surface area (Å²) in [6, 6.07) is 7.81. The number of nitro groups is 1. The Hall–Kier alpha value is -2.74. The Morgan fingerprint density at radius 2 is 2.00 bits per heavy atom. The molecular weight excluding hydrogens is 312 g/mol.